The molecule has 0 saturated heterocycles. The van der Waals surface area contributed by atoms with E-state index in [1.807, 2.05) is 0 Å². The number of ether oxygens (including phenoxy) is 1. The first-order chi connectivity index (χ1) is 15.2. The van der Waals surface area contributed by atoms with Crippen LogP contribution in [-0.4, -0.2) is 22.9 Å². The number of hydrogen-bond donors (Lipinski definition) is 1. The predicted octanol–water partition coefficient (Wildman–Crippen LogP) is 6.28. The summed E-state index contributed by atoms with van der Waals surface area (Å²) < 4.78 is 5.97. The van der Waals surface area contributed by atoms with Gasteiger partial charge in [0.15, 0.2) is 0 Å². The molecule has 0 fully saturated rings. The van der Waals surface area contributed by atoms with E-state index in [0.717, 1.165) is 16.2 Å². The quantitative estimate of drug-likeness (QED) is 0.409. The summed E-state index contributed by atoms with van der Waals surface area (Å²) in [4.78, 5) is 38.2. The number of carbonyl (C=O) groups is 3. The highest BCUT2D eigenvalue weighted by atomic mass is 35.5. The lowest BCUT2D eigenvalue weighted by molar-refractivity contribution is -0.117. The third kappa shape index (κ3) is 3.97. The molecule has 0 bridgehead atoms. The van der Waals surface area contributed by atoms with Gasteiger partial charge in [0.1, 0.15) is 16.7 Å². The number of fused-ring (bicyclic) bond motifs is 1. The summed E-state index contributed by atoms with van der Waals surface area (Å²) >= 11 is 19.7. The van der Waals surface area contributed by atoms with Crippen LogP contribution in [0, 0.1) is 0 Å². The lowest BCUT2D eigenvalue weighted by atomic mass is 10.0. The van der Waals surface area contributed by atoms with Crippen LogP contribution in [0.5, 0.6) is 5.75 Å². The summed E-state index contributed by atoms with van der Waals surface area (Å²) in [6, 6.07) is 9.65. The number of aromatic carboxylic acids is 1. The first-order valence-corrected chi connectivity index (χ1v) is 11.3. The lowest BCUT2D eigenvalue weighted by Gasteiger charge is -2.27. The molecule has 32 heavy (non-hydrogen) atoms. The number of carboxylic acid groups (broad SMARTS) is 1. The Morgan fingerprint density at radius 3 is 2.47 bits per heavy atom. The number of halogens is 3. The second kappa shape index (κ2) is 8.75. The normalized spacial score (nSPS) is 14.3. The van der Waals surface area contributed by atoms with E-state index in [1.165, 1.54) is 17.5 Å². The molecule has 164 valence electrons. The number of anilines is 1. The van der Waals surface area contributed by atoms with Crippen LogP contribution in [0.25, 0.3) is 0 Å². The number of thiophene rings is 1. The molecule has 1 atom stereocenters. The van der Waals surface area contributed by atoms with Gasteiger partial charge in [0.2, 0.25) is 5.91 Å². The van der Waals surface area contributed by atoms with Crippen LogP contribution < -0.4 is 9.64 Å². The molecular weight excluding hydrogens is 497 g/mol. The Hall–Kier alpha value is -2.58. The first-order valence-electron chi connectivity index (χ1n) is 9.30. The number of nitrogens with zero attached hydrogens (tertiary/aromatic N) is 1. The molecule has 2 heterocycles. The van der Waals surface area contributed by atoms with Gasteiger partial charge in [-0.1, -0.05) is 40.9 Å². The molecule has 4 rings (SSSR count). The van der Waals surface area contributed by atoms with Crippen molar-refractivity contribution in [1.82, 2.24) is 0 Å². The van der Waals surface area contributed by atoms with E-state index in [2.05, 4.69) is 0 Å². The summed E-state index contributed by atoms with van der Waals surface area (Å²) in [6.45, 7) is 1.76. The van der Waals surface area contributed by atoms with E-state index in [4.69, 9.17) is 39.5 Å². The minimum absolute atomic E-state index is 0.000653. The van der Waals surface area contributed by atoms with Crippen LogP contribution in [-0.2, 0) is 11.2 Å². The maximum Gasteiger partial charge on any atom is 0.346 e. The van der Waals surface area contributed by atoms with Crippen molar-refractivity contribution in [2.45, 2.75) is 19.4 Å². The van der Waals surface area contributed by atoms with Crippen molar-refractivity contribution in [2.24, 2.45) is 0 Å². The van der Waals surface area contributed by atoms with Crippen LogP contribution in [0.1, 0.15) is 44.2 Å². The van der Waals surface area contributed by atoms with Gasteiger partial charge in [-0.2, -0.15) is 0 Å². The summed E-state index contributed by atoms with van der Waals surface area (Å²) in [5, 5.41) is 11.9. The molecule has 1 unspecified atom stereocenters. The smallest absolute Gasteiger partial charge is 0.346 e. The summed E-state index contributed by atoms with van der Waals surface area (Å²) in [7, 11) is 0. The number of benzene rings is 2. The second-order valence-corrected chi connectivity index (χ2v) is 9.09. The van der Waals surface area contributed by atoms with Gasteiger partial charge in [0, 0.05) is 21.7 Å². The molecule has 0 radical (unpaired) electrons. The Kier molecular flexibility index (Phi) is 6.18. The lowest BCUT2D eigenvalue weighted by Crippen LogP contribution is -2.42. The number of rotatable bonds is 5. The van der Waals surface area contributed by atoms with Crippen molar-refractivity contribution in [2.75, 3.05) is 4.90 Å². The molecule has 10 heteroatoms. The zero-order valence-corrected chi connectivity index (χ0v) is 19.5. The maximum absolute atomic E-state index is 13.1. The van der Waals surface area contributed by atoms with Crippen LogP contribution in [0.4, 0.5) is 5.69 Å². The minimum atomic E-state index is -1.23. The molecule has 1 aliphatic rings. The number of imide groups is 1. The Labute approximate surface area is 201 Å². The molecule has 3 aromatic rings. The number of hydrogen-bond acceptors (Lipinski definition) is 5. The number of carbonyl (C=O) groups excluding carboxylic acids is 2. The van der Waals surface area contributed by atoms with E-state index in [0.29, 0.717) is 26.9 Å². The predicted molar refractivity (Wildman–Crippen MR) is 124 cm³/mol. The molecule has 2 aromatic carbocycles. The van der Waals surface area contributed by atoms with Crippen molar-refractivity contribution in [1.29, 1.82) is 0 Å². The van der Waals surface area contributed by atoms with Crippen molar-refractivity contribution in [3.63, 3.8) is 0 Å². The Balaban J connectivity index is 1.70. The molecule has 2 amide bonds. The molecule has 6 nitrogen and oxygen atoms in total. The van der Waals surface area contributed by atoms with Crippen molar-refractivity contribution in [3.8, 4) is 5.75 Å². The molecule has 0 aliphatic carbocycles. The first kappa shape index (κ1) is 22.6. The topological polar surface area (TPSA) is 83.9 Å². The zero-order chi connectivity index (χ0) is 23.2. The molecular formula is C22H14Cl3NO5S. The highest BCUT2D eigenvalue weighted by molar-refractivity contribution is 7.12. The highest BCUT2D eigenvalue weighted by Gasteiger charge is 2.37. The number of carboxylic acids is 1. The average Bonchev–Trinajstić information content (AvgIpc) is 3.14. The van der Waals surface area contributed by atoms with E-state index in [-0.39, 0.29) is 27.6 Å². The van der Waals surface area contributed by atoms with Gasteiger partial charge >= 0.3 is 5.97 Å². The van der Waals surface area contributed by atoms with E-state index >= 15 is 0 Å². The zero-order valence-electron chi connectivity index (χ0n) is 16.4. The van der Waals surface area contributed by atoms with Crippen molar-refractivity contribution >= 4 is 69.6 Å². The van der Waals surface area contributed by atoms with Gasteiger partial charge in [0.25, 0.3) is 5.91 Å². The maximum atomic E-state index is 13.1. The van der Waals surface area contributed by atoms with Gasteiger partial charge in [-0.25, -0.2) is 9.69 Å². The average molecular weight is 511 g/mol. The van der Waals surface area contributed by atoms with Crippen molar-refractivity contribution < 1.29 is 24.2 Å². The Morgan fingerprint density at radius 2 is 1.81 bits per heavy atom. The third-order valence-electron chi connectivity index (χ3n) is 4.95. The largest absolute Gasteiger partial charge is 0.486 e. The fourth-order valence-corrected chi connectivity index (χ4v) is 5.33. The summed E-state index contributed by atoms with van der Waals surface area (Å²) in [6.07, 6.45) is -0.655. The van der Waals surface area contributed by atoms with Gasteiger partial charge in [-0.05, 0) is 42.1 Å². The van der Waals surface area contributed by atoms with Crippen LogP contribution in [0.15, 0.2) is 41.8 Å². The van der Waals surface area contributed by atoms with Gasteiger partial charge < -0.3 is 9.84 Å². The van der Waals surface area contributed by atoms with E-state index in [1.54, 1.807) is 31.2 Å². The second-order valence-electron chi connectivity index (χ2n) is 6.99. The fourth-order valence-electron chi connectivity index (χ4n) is 3.53. The van der Waals surface area contributed by atoms with Gasteiger partial charge in [-0.3, -0.25) is 9.59 Å². The number of amides is 2. The Bertz CT molecular complexity index is 1250. The molecule has 1 aliphatic heterocycles. The van der Waals surface area contributed by atoms with E-state index in [9.17, 15) is 19.5 Å². The molecule has 0 spiro atoms. The SMILES string of the molecule is CC(Oc1ccc(Cl)c(N2C(=O)Cc3csc(C(=O)O)c3C2=O)c1)c1c(Cl)cccc1Cl. The standard InChI is InChI=1S/C22H14Cl3NO5S/c1-10(18-14(24)3-2-4-15(18)25)31-12-5-6-13(23)16(8-12)26-17(27)7-11-9-32-20(22(29)30)19(11)21(26)28/h2-6,8-10H,7H2,1H3,(H,29,30). The van der Waals surface area contributed by atoms with Gasteiger partial charge in [-0.15, -0.1) is 11.3 Å². The molecule has 1 N–H and O–H groups in total. The van der Waals surface area contributed by atoms with E-state index < -0.39 is 23.9 Å². The highest BCUT2D eigenvalue weighted by Crippen LogP contribution is 2.38. The van der Waals surface area contributed by atoms with Crippen LogP contribution >= 0.6 is 46.1 Å². The minimum Gasteiger partial charge on any atom is -0.486 e. The van der Waals surface area contributed by atoms with Gasteiger partial charge in [0.05, 0.1) is 22.7 Å². The molecule has 0 saturated carbocycles. The monoisotopic (exact) mass is 509 g/mol. The fraction of sp³-hybridized carbons (Fsp3) is 0.136. The summed E-state index contributed by atoms with van der Waals surface area (Å²) in [5.41, 5.74) is 1.08. The summed E-state index contributed by atoms with van der Waals surface area (Å²) in [5.74, 6) is -2.16. The Morgan fingerprint density at radius 1 is 1.12 bits per heavy atom. The third-order valence-corrected chi connectivity index (χ3v) is 6.94. The van der Waals surface area contributed by atoms with Crippen LogP contribution in [0.3, 0.4) is 0 Å². The van der Waals surface area contributed by atoms with Crippen molar-refractivity contribution in [3.05, 3.63) is 78.4 Å². The van der Waals surface area contributed by atoms with Crippen LogP contribution in [0.2, 0.25) is 15.1 Å². The molecule has 1 aromatic heterocycles.